The molecule has 2 heterocycles. The number of hydrogen-bond acceptors (Lipinski definition) is 4. The van der Waals surface area contributed by atoms with E-state index in [4.69, 9.17) is 0 Å². The van der Waals surface area contributed by atoms with Crippen molar-refractivity contribution in [1.82, 2.24) is 4.90 Å². The van der Waals surface area contributed by atoms with Crippen LogP contribution in [0, 0.1) is 0 Å². The molecule has 2 aliphatic heterocycles. The summed E-state index contributed by atoms with van der Waals surface area (Å²) >= 11 is 1.66. The van der Waals surface area contributed by atoms with E-state index in [0.29, 0.717) is 29.8 Å². The zero-order valence-corrected chi connectivity index (χ0v) is 15.8. The van der Waals surface area contributed by atoms with Gasteiger partial charge in [0, 0.05) is 23.4 Å². The van der Waals surface area contributed by atoms with E-state index in [0.717, 1.165) is 5.56 Å². The van der Waals surface area contributed by atoms with E-state index in [1.54, 1.807) is 40.9 Å². The normalized spacial score (nSPS) is 24.0. The number of nitrogens with one attached hydrogen (secondary N) is 1. The van der Waals surface area contributed by atoms with Gasteiger partial charge in [-0.25, -0.2) is 0 Å². The number of anilines is 1. The highest BCUT2D eigenvalue weighted by molar-refractivity contribution is 8.00. The first kappa shape index (κ1) is 17.8. The molecule has 2 aromatic carbocycles. The van der Waals surface area contributed by atoms with Crippen molar-refractivity contribution in [2.45, 2.75) is 30.7 Å². The molecule has 0 saturated carbocycles. The van der Waals surface area contributed by atoms with E-state index < -0.39 is 10.9 Å². The van der Waals surface area contributed by atoms with Crippen LogP contribution in [0.15, 0.2) is 54.6 Å². The number of fused-ring (bicyclic) bond motifs is 1. The van der Waals surface area contributed by atoms with Gasteiger partial charge in [-0.2, -0.15) is 0 Å². The quantitative estimate of drug-likeness (QED) is 0.826. The van der Waals surface area contributed by atoms with E-state index in [2.05, 4.69) is 5.32 Å². The van der Waals surface area contributed by atoms with Crippen molar-refractivity contribution in [1.29, 1.82) is 0 Å². The van der Waals surface area contributed by atoms with Gasteiger partial charge in [0.05, 0.1) is 0 Å². The Morgan fingerprint density at radius 1 is 1.15 bits per heavy atom. The Kier molecular flexibility index (Phi) is 4.52. The fraction of sp³-hybridized carbons (Fsp3) is 0.286. The second-order valence-corrected chi connectivity index (χ2v) is 8.16. The molecule has 2 aliphatic rings. The first-order valence-corrected chi connectivity index (χ1v) is 9.93. The molecule has 0 bridgehead atoms. The maximum Gasteiger partial charge on any atom is 0.248 e. The molecule has 0 aliphatic carbocycles. The number of rotatable bonds is 4. The molecule has 2 aromatic rings. The minimum atomic E-state index is -0.522. The zero-order chi connectivity index (χ0) is 19.0. The molecule has 2 atom stereocenters. The number of nitrogens with zero attached hydrogens (tertiary/aromatic N) is 1. The number of carbonyl (C=O) groups excluding carboxylic acids is 3. The van der Waals surface area contributed by atoms with Gasteiger partial charge < -0.3 is 10.2 Å². The third kappa shape index (κ3) is 3.04. The Hall–Kier alpha value is -2.60. The summed E-state index contributed by atoms with van der Waals surface area (Å²) in [6, 6.07) is 16.3. The number of benzene rings is 2. The fourth-order valence-electron chi connectivity index (χ4n) is 3.88. The molecule has 0 unspecified atom stereocenters. The van der Waals surface area contributed by atoms with E-state index in [1.807, 2.05) is 30.3 Å². The summed E-state index contributed by atoms with van der Waals surface area (Å²) in [4.78, 5) is 38.5. The van der Waals surface area contributed by atoms with Crippen LogP contribution in [0.2, 0.25) is 0 Å². The second kappa shape index (κ2) is 6.85. The monoisotopic (exact) mass is 380 g/mol. The fourth-order valence-corrected chi connectivity index (χ4v) is 5.53. The molecular weight excluding hydrogens is 360 g/mol. The van der Waals surface area contributed by atoms with Crippen LogP contribution in [0.3, 0.4) is 0 Å². The largest absolute Gasteiger partial charge is 0.324 e. The number of hydrogen-bond donors (Lipinski definition) is 1. The predicted molar refractivity (Wildman–Crippen MR) is 106 cm³/mol. The summed E-state index contributed by atoms with van der Waals surface area (Å²) in [7, 11) is 0. The maximum absolute atomic E-state index is 13.0. The zero-order valence-electron chi connectivity index (χ0n) is 15.0. The Bertz CT molecular complexity index is 915. The SMILES string of the molecule is CC(=O)c1cccc(NC(=O)[C@H]2CS[C@]3(c4ccccc4)CCC(=O)N23)c1. The minimum absolute atomic E-state index is 0.0153. The number of ketones is 1. The van der Waals surface area contributed by atoms with Gasteiger partial charge in [0.2, 0.25) is 11.8 Å². The topological polar surface area (TPSA) is 66.5 Å². The minimum Gasteiger partial charge on any atom is -0.324 e. The van der Waals surface area contributed by atoms with Gasteiger partial charge in [0.1, 0.15) is 10.9 Å². The number of Topliss-reactive ketones (excluding diaryl/α,β-unsaturated/α-hetero) is 1. The summed E-state index contributed by atoms with van der Waals surface area (Å²) in [6.07, 6.45) is 1.16. The molecule has 4 rings (SSSR count). The van der Waals surface area contributed by atoms with Crippen LogP contribution in [0.25, 0.3) is 0 Å². The van der Waals surface area contributed by atoms with Crippen molar-refractivity contribution < 1.29 is 14.4 Å². The van der Waals surface area contributed by atoms with Gasteiger partial charge in [0.15, 0.2) is 5.78 Å². The lowest BCUT2D eigenvalue weighted by Gasteiger charge is -2.34. The Balaban J connectivity index is 1.59. The Labute approximate surface area is 162 Å². The first-order valence-electron chi connectivity index (χ1n) is 8.95. The van der Waals surface area contributed by atoms with Crippen LogP contribution in [-0.2, 0) is 14.5 Å². The summed E-state index contributed by atoms with van der Waals surface area (Å²) in [5, 5.41) is 2.88. The van der Waals surface area contributed by atoms with Gasteiger partial charge in [0.25, 0.3) is 0 Å². The van der Waals surface area contributed by atoms with Crippen LogP contribution in [0.4, 0.5) is 5.69 Å². The highest BCUT2D eigenvalue weighted by Crippen LogP contribution is 2.54. The third-order valence-electron chi connectivity index (χ3n) is 5.19. The van der Waals surface area contributed by atoms with Crippen LogP contribution < -0.4 is 5.32 Å². The highest BCUT2D eigenvalue weighted by Gasteiger charge is 2.56. The number of thioether (sulfide) groups is 1. The second-order valence-electron chi connectivity index (χ2n) is 6.87. The molecular formula is C21H20N2O3S. The van der Waals surface area contributed by atoms with Crippen molar-refractivity contribution in [3.05, 3.63) is 65.7 Å². The predicted octanol–water partition coefficient (Wildman–Crippen LogP) is 3.42. The van der Waals surface area contributed by atoms with Gasteiger partial charge in [-0.05, 0) is 31.0 Å². The van der Waals surface area contributed by atoms with Crippen LogP contribution in [0.5, 0.6) is 0 Å². The molecule has 2 fully saturated rings. The van der Waals surface area contributed by atoms with Crippen LogP contribution in [0.1, 0.15) is 35.7 Å². The first-order chi connectivity index (χ1) is 13.0. The maximum atomic E-state index is 13.0. The average Bonchev–Trinajstić information content (AvgIpc) is 3.22. The molecule has 0 radical (unpaired) electrons. The smallest absolute Gasteiger partial charge is 0.248 e. The molecule has 6 heteroatoms. The third-order valence-corrected chi connectivity index (χ3v) is 6.79. The average molecular weight is 380 g/mol. The van der Waals surface area contributed by atoms with E-state index in [9.17, 15) is 14.4 Å². The van der Waals surface area contributed by atoms with Gasteiger partial charge in [-0.3, -0.25) is 14.4 Å². The van der Waals surface area contributed by atoms with Crippen molar-refractivity contribution >= 4 is 35.0 Å². The number of carbonyl (C=O) groups is 3. The lowest BCUT2D eigenvalue weighted by atomic mass is 10.0. The molecule has 2 amide bonds. The Morgan fingerprint density at radius 2 is 1.93 bits per heavy atom. The van der Waals surface area contributed by atoms with Gasteiger partial charge >= 0.3 is 0 Å². The summed E-state index contributed by atoms with van der Waals surface area (Å²) in [6.45, 7) is 1.49. The summed E-state index contributed by atoms with van der Waals surface area (Å²) in [5.41, 5.74) is 2.18. The van der Waals surface area contributed by atoms with E-state index in [1.165, 1.54) is 6.92 Å². The van der Waals surface area contributed by atoms with E-state index >= 15 is 0 Å². The molecule has 2 saturated heterocycles. The standard InChI is InChI=1S/C21H20N2O3S/c1-14(24)15-6-5-9-17(12-15)22-20(26)18-13-27-21(11-10-19(25)23(18)21)16-7-3-2-4-8-16/h2-9,12,18H,10-11,13H2,1H3,(H,22,26)/t18-,21+/m1/s1. The molecule has 138 valence electrons. The lowest BCUT2D eigenvalue weighted by Crippen LogP contribution is -2.48. The van der Waals surface area contributed by atoms with Crippen molar-refractivity contribution in [3.63, 3.8) is 0 Å². The molecule has 1 N–H and O–H groups in total. The van der Waals surface area contributed by atoms with Gasteiger partial charge in [-0.15, -0.1) is 11.8 Å². The van der Waals surface area contributed by atoms with Gasteiger partial charge in [-0.1, -0.05) is 42.5 Å². The van der Waals surface area contributed by atoms with Crippen molar-refractivity contribution in [3.8, 4) is 0 Å². The lowest BCUT2D eigenvalue weighted by molar-refractivity contribution is -0.136. The molecule has 5 nitrogen and oxygen atoms in total. The number of amides is 2. The van der Waals surface area contributed by atoms with Crippen LogP contribution >= 0.6 is 11.8 Å². The highest BCUT2D eigenvalue weighted by atomic mass is 32.2. The van der Waals surface area contributed by atoms with Crippen molar-refractivity contribution in [2.75, 3.05) is 11.1 Å². The van der Waals surface area contributed by atoms with E-state index in [-0.39, 0.29) is 17.6 Å². The molecule has 0 aromatic heterocycles. The molecule has 0 spiro atoms. The Morgan fingerprint density at radius 3 is 2.67 bits per heavy atom. The summed E-state index contributed by atoms with van der Waals surface area (Å²) < 4.78 is 0. The van der Waals surface area contributed by atoms with Crippen LogP contribution in [-0.4, -0.2) is 34.3 Å². The molecule has 27 heavy (non-hydrogen) atoms. The van der Waals surface area contributed by atoms with Crippen molar-refractivity contribution in [2.24, 2.45) is 0 Å². The summed E-state index contributed by atoms with van der Waals surface area (Å²) in [5.74, 6) is 0.303.